The molecule has 2 rings (SSSR count). The highest BCUT2D eigenvalue weighted by Gasteiger charge is 2.36. The van der Waals surface area contributed by atoms with Gasteiger partial charge in [-0.2, -0.15) is 5.26 Å². The van der Waals surface area contributed by atoms with Crippen LogP contribution in [0.3, 0.4) is 0 Å². The van der Waals surface area contributed by atoms with E-state index in [0.717, 1.165) is 32.8 Å². The van der Waals surface area contributed by atoms with Gasteiger partial charge in [-0.25, -0.2) is 0 Å². The van der Waals surface area contributed by atoms with Crippen molar-refractivity contribution in [1.82, 2.24) is 10.2 Å². The molecule has 108 valence electrons. The fourth-order valence-electron chi connectivity index (χ4n) is 3.25. The van der Waals surface area contributed by atoms with Gasteiger partial charge in [0.2, 0.25) is 0 Å². The summed E-state index contributed by atoms with van der Waals surface area (Å²) in [5.74, 6) is 0.118. The molecule has 1 N–H and O–H groups in total. The molecule has 2 aliphatic rings. The highest BCUT2D eigenvalue weighted by molar-refractivity contribution is 4.94. The lowest BCUT2D eigenvalue weighted by molar-refractivity contribution is -0.0324. The van der Waals surface area contributed by atoms with Gasteiger partial charge in [0.15, 0.2) is 0 Å². The smallest absolute Gasteiger partial charge is 0.0666 e. The standard InChI is InChI=1S/C15H27N3O/c1-13(11-16)12-17-14-3-5-15(2,6-4-14)18-7-9-19-10-8-18/h13-14,17H,3-10,12H2,1-2H3. The number of nitrogens with zero attached hydrogens (tertiary/aromatic N) is 2. The summed E-state index contributed by atoms with van der Waals surface area (Å²) in [7, 11) is 0. The molecule has 1 atom stereocenters. The minimum atomic E-state index is 0.118. The monoisotopic (exact) mass is 265 g/mol. The molecule has 1 unspecified atom stereocenters. The van der Waals surface area contributed by atoms with Crippen LogP contribution in [0.5, 0.6) is 0 Å². The maximum atomic E-state index is 8.81. The maximum Gasteiger partial charge on any atom is 0.0666 e. The summed E-state index contributed by atoms with van der Waals surface area (Å²) < 4.78 is 5.45. The Labute approximate surface area is 117 Å². The molecule has 2 fully saturated rings. The van der Waals surface area contributed by atoms with Crippen LogP contribution in [-0.2, 0) is 4.74 Å². The molecule has 0 radical (unpaired) electrons. The first-order chi connectivity index (χ1) is 9.14. The van der Waals surface area contributed by atoms with Gasteiger partial charge < -0.3 is 10.1 Å². The maximum absolute atomic E-state index is 8.81. The van der Waals surface area contributed by atoms with E-state index in [1.807, 2.05) is 6.92 Å². The van der Waals surface area contributed by atoms with Gasteiger partial charge in [-0.1, -0.05) is 0 Å². The van der Waals surface area contributed by atoms with Gasteiger partial charge in [-0.3, -0.25) is 4.90 Å². The summed E-state index contributed by atoms with van der Waals surface area (Å²) >= 11 is 0. The number of nitriles is 1. The zero-order valence-electron chi connectivity index (χ0n) is 12.3. The zero-order chi connectivity index (χ0) is 13.7. The molecule has 0 bridgehead atoms. The topological polar surface area (TPSA) is 48.3 Å². The molecule has 1 aliphatic carbocycles. The van der Waals surface area contributed by atoms with E-state index in [1.54, 1.807) is 0 Å². The lowest BCUT2D eigenvalue weighted by atomic mass is 9.79. The van der Waals surface area contributed by atoms with Crippen molar-refractivity contribution in [3.8, 4) is 6.07 Å². The Morgan fingerprint density at radius 2 is 2.00 bits per heavy atom. The van der Waals surface area contributed by atoms with Crippen molar-refractivity contribution in [3.05, 3.63) is 0 Å². The third-order valence-electron chi connectivity index (χ3n) is 4.77. The molecular weight excluding hydrogens is 238 g/mol. The van der Waals surface area contributed by atoms with Crippen LogP contribution >= 0.6 is 0 Å². The number of morpholine rings is 1. The number of ether oxygens (including phenoxy) is 1. The van der Waals surface area contributed by atoms with Gasteiger partial charge in [0.05, 0.1) is 25.2 Å². The van der Waals surface area contributed by atoms with E-state index in [2.05, 4.69) is 23.2 Å². The zero-order valence-corrected chi connectivity index (χ0v) is 12.3. The number of nitrogens with one attached hydrogen (secondary N) is 1. The SMILES string of the molecule is CC(C#N)CNC1CCC(C)(N2CCOCC2)CC1. The van der Waals surface area contributed by atoms with Crippen molar-refractivity contribution >= 4 is 0 Å². The summed E-state index contributed by atoms with van der Waals surface area (Å²) in [5.41, 5.74) is 0.364. The molecule has 1 saturated heterocycles. The van der Waals surface area contributed by atoms with E-state index in [0.29, 0.717) is 11.6 Å². The van der Waals surface area contributed by atoms with Crippen LogP contribution in [0.1, 0.15) is 39.5 Å². The second-order valence-electron chi connectivity index (χ2n) is 6.31. The van der Waals surface area contributed by atoms with E-state index in [9.17, 15) is 0 Å². The molecule has 0 spiro atoms. The largest absolute Gasteiger partial charge is 0.379 e. The molecule has 0 amide bonds. The van der Waals surface area contributed by atoms with Crippen LogP contribution in [0.25, 0.3) is 0 Å². The summed E-state index contributed by atoms with van der Waals surface area (Å²) in [4.78, 5) is 2.62. The lowest BCUT2D eigenvalue weighted by Gasteiger charge is -2.47. The predicted molar refractivity (Wildman–Crippen MR) is 75.8 cm³/mol. The Hall–Kier alpha value is -0.630. The molecule has 1 heterocycles. The number of hydrogen-bond donors (Lipinski definition) is 1. The van der Waals surface area contributed by atoms with Gasteiger partial charge in [-0.15, -0.1) is 0 Å². The van der Waals surface area contributed by atoms with Crippen molar-refractivity contribution in [2.45, 2.75) is 51.1 Å². The fourth-order valence-corrected chi connectivity index (χ4v) is 3.25. The van der Waals surface area contributed by atoms with Gasteiger partial charge in [0.1, 0.15) is 0 Å². The van der Waals surface area contributed by atoms with Crippen molar-refractivity contribution < 1.29 is 4.74 Å². The predicted octanol–water partition coefficient (Wildman–Crippen LogP) is 1.77. The lowest BCUT2D eigenvalue weighted by Crippen LogP contribution is -2.54. The summed E-state index contributed by atoms with van der Waals surface area (Å²) in [6.45, 7) is 9.16. The summed E-state index contributed by atoms with van der Waals surface area (Å²) in [6.07, 6.45) is 4.97. The molecule has 1 saturated carbocycles. The Balaban J connectivity index is 1.76. The van der Waals surface area contributed by atoms with Crippen molar-refractivity contribution in [3.63, 3.8) is 0 Å². The molecular formula is C15H27N3O. The second kappa shape index (κ2) is 6.69. The highest BCUT2D eigenvalue weighted by atomic mass is 16.5. The summed E-state index contributed by atoms with van der Waals surface area (Å²) in [5, 5.41) is 12.4. The molecule has 1 aliphatic heterocycles. The minimum absolute atomic E-state index is 0.118. The van der Waals surface area contributed by atoms with Gasteiger partial charge >= 0.3 is 0 Å². The first-order valence-corrected chi connectivity index (χ1v) is 7.60. The first kappa shape index (κ1) is 14.8. The molecule has 4 heteroatoms. The first-order valence-electron chi connectivity index (χ1n) is 7.60. The van der Waals surface area contributed by atoms with Gasteiger partial charge in [0, 0.05) is 31.2 Å². The van der Waals surface area contributed by atoms with E-state index in [1.165, 1.54) is 25.7 Å². The van der Waals surface area contributed by atoms with E-state index in [4.69, 9.17) is 10.00 Å². The second-order valence-corrected chi connectivity index (χ2v) is 6.31. The third kappa shape index (κ3) is 3.92. The molecule has 0 aromatic carbocycles. The Morgan fingerprint density at radius 3 is 2.58 bits per heavy atom. The van der Waals surface area contributed by atoms with Crippen LogP contribution < -0.4 is 5.32 Å². The fraction of sp³-hybridized carbons (Fsp3) is 0.933. The van der Waals surface area contributed by atoms with Crippen LogP contribution in [0.4, 0.5) is 0 Å². The Morgan fingerprint density at radius 1 is 1.37 bits per heavy atom. The van der Waals surface area contributed by atoms with Crippen molar-refractivity contribution in [1.29, 1.82) is 5.26 Å². The van der Waals surface area contributed by atoms with E-state index >= 15 is 0 Å². The van der Waals surface area contributed by atoms with Crippen LogP contribution in [0.2, 0.25) is 0 Å². The van der Waals surface area contributed by atoms with E-state index in [-0.39, 0.29) is 5.92 Å². The van der Waals surface area contributed by atoms with Crippen LogP contribution in [-0.4, -0.2) is 49.3 Å². The van der Waals surface area contributed by atoms with Gasteiger partial charge in [-0.05, 0) is 39.5 Å². The Bertz CT molecular complexity index is 312. The summed E-state index contributed by atoms with van der Waals surface area (Å²) in [6, 6.07) is 2.89. The highest BCUT2D eigenvalue weighted by Crippen LogP contribution is 2.33. The van der Waals surface area contributed by atoms with Crippen molar-refractivity contribution in [2.24, 2.45) is 5.92 Å². The molecule has 19 heavy (non-hydrogen) atoms. The Kier molecular flexibility index (Phi) is 5.20. The normalized spacial score (nSPS) is 34.7. The van der Waals surface area contributed by atoms with Crippen LogP contribution in [0, 0.1) is 17.2 Å². The third-order valence-corrected chi connectivity index (χ3v) is 4.77. The average molecular weight is 265 g/mol. The number of hydrogen-bond acceptors (Lipinski definition) is 4. The van der Waals surface area contributed by atoms with E-state index < -0.39 is 0 Å². The molecule has 4 nitrogen and oxygen atoms in total. The number of rotatable bonds is 4. The molecule has 0 aromatic heterocycles. The molecule has 0 aromatic rings. The van der Waals surface area contributed by atoms with Gasteiger partial charge in [0.25, 0.3) is 0 Å². The quantitative estimate of drug-likeness (QED) is 0.841. The van der Waals surface area contributed by atoms with Crippen LogP contribution in [0.15, 0.2) is 0 Å². The van der Waals surface area contributed by atoms with Crippen molar-refractivity contribution in [2.75, 3.05) is 32.8 Å². The average Bonchev–Trinajstić information content (AvgIpc) is 2.47. The minimum Gasteiger partial charge on any atom is -0.379 e.